The van der Waals surface area contributed by atoms with Gasteiger partial charge in [-0.25, -0.2) is 4.98 Å². The third-order valence-electron chi connectivity index (χ3n) is 5.47. The lowest BCUT2D eigenvalue weighted by molar-refractivity contribution is -0.145. The van der Waals surface area contributed by atoms with E-state index in [0.29, 0.717) is 33.8 Å². The van der Waals surface area contributed by atoms with Crippen molar-refractivity contribution in [1.82, 2.24) is 24.7 Å². The molecule has 0 saturated heterocycles. The summed E-state index contributed by atoms with van der Waals surface area (Å²) in [7, 11) is 0. The summed E-state index contributed by atoms with van der Waals surface area (Å²) in [6, 6.07) is 14.1. The number of hydrogen-bond donors (Lipinski definition) is 1. The van der Waals surface area contributed by atoms with Gasteiger partial charge in [-0.15, -0.1) is 0 Å². The number of benzene rings is 1. The van der Waals surface area contributed by atoms with Gasteiger partial charge in [0.2, 0.25) is 5.82 Å². The summed E-state index contributed by atoms with van der Waals surface area (Å²) in [6.45, 7) is 0.0559. The van der Waals surface area contributed by atoms with Crippen LogP contribution in [0.1, 0.15) is 33.0 Å². The van der Waals surface area contributed by atoms with Crippen LogP contribution >= 0.6 is 11.6 Å². The van der Waals surface area contributed by atoms with Crippen molar-refractivity contribution in [2.24, 2.45) is 0 Å². The first-order valence-corrected chi connectivity index (χ1v) is 10.9. The normalized spacial score (nSPS) is 11.8. The van der Waals surface area contributed by atoms with E-state index in [2.05, 4.69) is 20.3 Å². The zero-order chi connectivity index (χ0) is 24.6. The maximum atomic E-state index is 13.1. The molecule has 0 aliphatic heterocycles. The van der Waals surface area contributed by atoms with Crippen molar-refractivity contribution in [1.29, 1.82) is 0 Å². The number of hydrogen-bond acceptors (Lipinski definition) is 4. The molecule has 0 fully saturated rings. The maximum Gasteiger partial charge on any atom is 0.450 e. The number of carbonyl (C=O) groups is 1. The molecular formula is C25H17ClF3N5O. The highest BCUT2D eigenvalue weighted by Crippen LogP contribution is 2.29. The maximum absolute atomic E-state index is 13.1. The Balaban J connectivity index is 1.29. The van der Waals surface area contributed by atoms with Gasteiger partial charge >= 0.3 is 6.18 Å². The monoisotopic (exact) mass is 495 g/mol. The lowest BCUT2D eigenvalue weighted by Gasteiger charge is -2.09. The summed E-state index contributed by atoms with van der Waals surface area (Å²) in [5, 5.41) is 4.21. The van der Waals surface area contributed by atoms with Crippen LogP contribution in [0, 0.1) is 0 Å². The Labute approximate surface area is 202 Å². The summed E-state index contributed by atoms with van der Waals surface area (Å²) in [6.07, 6.45) is 1.55. The van der Waals surface area contributed by atoms with Crippen LogP contribution in [0.4, 0.5) is 13.2 Å². The first-order valence-electron chi connectivity index (χ1n) is 10.6. The van der Waals surface area contributed by atoms with Crippen LogP contribution in [0.5, 0.6) is 0 Å². The predicted molar refractivity (Wildman–Crippen MR) is 125 cm³/mol. The van der Waals surface area contributed by atoms with Gasteiger partial charge in [-0.1, -0.05) is 23.7 Å². The molecule has 0 saturated carbocycles. The van der Waals surface area contributed by atoms with E-state index >= 15 is 0 Å². The molecule has 1 amide bonds. The first kappa shape index (κ1) is 22.8. The average Bonchev–Trinajstić information content (AvgIpc) is 3.26. The summed E-state index contributed by atoms with van der Waals surface area (Å²) in [4.78, 5) is 24.8. The highest BCUT2D eigenvalue weighted by Gasteiger charge is 2.35. The van der Waals surface area contributed by atoms with Gasteiger partial charge in [0.15, 0.2) is 0 Å². The summed E-state index contributed by atoms with van der Waals surface area (Å²) in [5.74, 6) is -1.36. The summed E-state index contributed by atoms with van der Waals surface area (Å²) in [5.41, 5.74) is 3.74. The lowest BCUT2D eigenvalue weighted by atomic mass is 10.0. The Morgan fingerprint density at radius 2 is 1.80 bits per heavy atom. The number of imidazole rings is 1. The van der Waals surface area contributed by atoms with Crippen LogP contribution in [-0.4, -0.2) is 25.3 Å². The fraction of sp³-hybridized carbons (Fsp3) is 0.120. The fourth-order valence-electron chi connectivity index (χ4n) is 3.82. The molecule has 0 bridgehead atoms. The molecule has 176 valence electrons. The van der Waals surface area contributed by atoms with Crippen LogP contribution in [0.2, 0.25) is 5.02 Å². The van der Waals surface area contributed by atoms with Crippen LogP contribution in [0.25, 0.3) is 16.4 Å². The second-order valence-corrected chi connectivity index (χ2v) is 8.42. The smallest absolute Gasteiger partial charge is 0.348 e. The second kappa shape index (κ2) is 8.99. The molecule has 5 rings (SSSR count). The number of halogens is 4. The van der Waals surface area contributed by atoms with Crippen molar-refractivity contribution in [3.8, 4) is 0 Å². The van der Waals surface area contributed by atoms with Crippen LogP contribution in [-0.2, 0) is 19.1 Å². The average molecular weight is 496 g/mol. The van der Waals surface area contributed by atoms with Crippen LogP contribution < -0.4 is 5.32 Å². The molecule has 1 N–H and O–H groups in total. The van der Waals surface area contributed by atoms with Gasteiger partial charge in [0, 0.05) is 48.2 Å². The van der Waals surface area contributed by atoms with Crippen molar-refractivity contribution in [2.45, 2.75) is 19.1 Å². The third-order valence-corrected chi connectivity index (χ3v) is 5.68. The number of fused-ring (bicyclic) bond motifs is 2. The van der Waals surface area contributed by atoms with Crippen molar-refractivity contribution in [3.05, 3.63) is 107 Å². The zero-order valence-corrected chi connectivity index (χ0v) is 18.8. The molecule has 6 nitrogen and oxygen atoms in total. The molecular weight excluding hydrogens is 479 g/mol. The molecule has 10 heteroatoms. The number of aromatic nitrogens is 4. The van der Waals surface area contributed by atoms with E-state index in [1.165, 1.54) is 12.3 Å². The Morgan fingerprint density at radius 1 is 0.971 bits per heavy atom. The third kappa shape index (κ3) is 4.95. The number of carbonyl (C=O) groups excluding carboxylic acids is 1. The molecule has 4 heterocycles. The number of alkyl halides is 3. The number of rotatable bonds is 5. The standard InChI is InChI=1S/C25H17ClF3N5O/c26-19-9-18-7-15(2-4-22(18)31-12-19)8-20-10-17(5-6-30-20)23(35)32-11-16-1-3-21-13-33-24(25(27,28)29)34(21)14-16/h1-7,9-10,12-14H,8,11H2,(H,32,35). The SMILES string of the molecule is O=C(NCc1ccc2cnc(C(F)(F)F)n2c1)c1ccnc(Cc2ccc3ncc(Cl)cc3c2)c1. The minimum absolute atomic E-state index is 0.0559. The van der Waals surface area contributed by atoms with Crippen molar-refractivity contribution in [2.75, 3.05) is 0 Å². The van der Waals surface area contributed by atoms with Crippen LogP contribution in [0.3, 0.4) is 0 Å². The summed E-state index contributed by atoms with van der Waals surface area (Å²) >= 11 is 6.04. The quantitative estimate of drug-likeness (QED) is 0.351. The van der Waals surface area contributed by atoms with Gasteiger partial charge in [0.05, 0.1) is 22.3 Å². The molecule has 4 aromatic heterocycles. The molecule has 0 spiro atoms. The Hall–Kier alpha value is -3.98. The van der Waals surface area contributed by atoms with E-state index in [1.54, 1.807) is 30.6 Å². The minimum Gasteiger partial charge on any atom is -0.348 e. The van der Waals surface area contributed by atoms with Crippen molar-refractivity contribution < 1.29 is 18.0 Å². The van der Waals surface area contributed by atoms with Gasteiger partial charge < -0.3 is 5.32 Å². The molecule has 5 aromatic rings. The Kier molecular flexibility index (Phi) is 5.86. The van der Waals surface area contributed by atoms with E-state index < -0.39 is 12.0 Å². The van der Waals surface area contributed by atoms with Gasteiger partial charge in [-0.3, -0.25) is 19.2 Å². The highest BCUT2D eigenvalue weighted by molar-refractivity contribution is 6.31. The first-order chi connectivity index (χ1) is 16.8. The molecule has 0 aliphatic rings. The van der Waals surface area contributed by atoms with Crippen molar-refractivity contribution >= 4 is 33.9 Å². The van der Waals surface area contributed by atoms with Gasteiger partial charge in [-0.05, 0) is 47.5 Å². The largest absolute Gasteiger partial charge is 0.450 e. The van der Waals surface area contributed by atoms with E-state index in [4.69, 9.17) is 11.6 Å². The van der Waals surface area contributed by atoms with E-state index in [-0.39, 0.29) is 12.5 Å². The topological polar surface area (TPSA) is 72.2 Å². The molecule has 0 atom stereocenters. The fourth-order valence-corrected chi connectivity index (χ4v) is 3.99. The Morgan fingerprint density at radius 3 is 2.63 bits per heavy atom. The number of pyridine rings is 3. The lowest BCUT2D eigenvalue weighted by Crippen LogP contribution is -2.23. The molecule has 35 heavy (non-hydrogen) atoms. The molecule has 1 aromatic carbocycles. The van der Waals surface area contributed by atoms with Gasteiger partial charge in [0.1, 0.15) is 0 Å². The summed E-state index contributed by atoms with van der Waals surface area (Å²) < 4.78 is 40.4. The number of amides is 1. The van der Waals surface area contributed by atoms with Gasteiger partial charge in [0.25, 0.3) is 5.91 Å². The number of nitrogens with one attached hydrogen (secondary N) is 1. The van der Waals surface area contributed by atoms with Crippen molar-refractivity contribution in [3.63, 3.8) is 0 Å². The Bertz CT molecular complexity index is 1560. The van der Waals surface area contributed by atoms with Crippen LogP contribution in [0.15, 0.2) is 73.3 Å². The molecule has 0 aliphatic carbocycles. The molecule has 0 unspecified atom stereocenters. The van der Waals surface area contributed by atoms with E-state index in [0.717, 1.165) is 27.1 Å². The van der Waals surface area contributed by atoms with E-state index in [9.17, 15) is 18.0 Å². The second-order valence-electron chi connectivity index (χ2n) is 7.99. The minimum atomic E-state index is -4.57. The highest BCUT2D eigenvalue weighted by atomic mass is 35.5. The van der Waals surface area contributed by atoms with E-state index in [1.807, 2.05) is 24.3 Å². The number of nitrogens with zero attached hydrogens (tertiary/aromatic N) is 4. The van der Waals surface area contributed by atoms with Gasteiger partial charge in [-0.2, -0.15) is 13.2 Å². The zero-order valence-electron chi connectivity index (χ0n) is 18.1. The molecule has 0 radical (unpaired) electrons. The predicted octanol–water partition coefficient (Wildman–Crippen LogP) is 5.47.